The molecule has 4 heteroatoms. The number of carbonyl (C=O) groups is 1. The number of hydrogen-bond donors (Lipinski definition) is 2. The Morgan fingerprint density at radius 2 is 1.95 bits per heavy atom. The lowest BCUT2D eigenvalue weighted by atomic mass is 9.76. The van der Waals surface area contributed by atoms with Gasteiger partial charge in [-0.25, -0.2) is 0 Å². The van der Waals surface area contributed by atoms with Crippen molar-refractivity contribution in [1.29, 1.82) is 0 Å². The molecule has 1 aromatic rings. The molecule has 1 saturated carbocycles. The SMILES string of the molecule is CC(C)CNC(=O)CCNC1CC(c2ccc(Cl)cc2)C1. The van der Waals surface area contributed by atoms with Gasteiger partial charge in [0.15, 0.2) is 0 Å². The zero-order valence-corrected chi connectivity index (χ0v) is 13.6. The lowest BCUT2D eigenvalue weighted by molar-refractivity contribution is -0.121. The first-order valence-corrected chi connectivity index (χ1v) is 8.18. The van der Waals surface area contributed by atoms with Crippen LogP contribution in [-0.2, 0) is 4.79 Å². The van der Waals surface area contributed by atoms with E-state index in [0.29, 0.717) is 24.3 Å². The first-order valence-electron chi connectivity index (χ1n) is 7.80. The van der Waals surface area contributed by atoms with Crippen LogP contribution in [0.25, 0.3) is 0 Å². The molecule has 2 N–H and O–H groups in total. The highest BCUT2D eigenvalue weighted by atomic mass is 35.5. The zero-order chi connectivity index (χ0) is 15.2. The van der Waals surface area contributed by atoms with Crippen molar-refractivity contribution < 1.29 is 4.79 Å². The Hall–Kier alpha value is -1.06. The van der Waals surface area contributed by atoms with E-state index in [4.69, 9.17) is 11.6 Å². The van der Waals surface area contributed by atoms with Crippen molar-refractivity contribution in [2.75, 3.05) is 13.1 Å². The fraction of sp³-hybridized carbons (Fsp3) is 0.588. The summed E-state index contributed by atoms with van der Waals surface area (Å²) in [4.78, 5) is 11.6. The van der Waals surface area contributed by atoms with Crippen molar-refractivity contribution in [3.63, 3.8) is 0 Å². The maximum atomic E-state index is 11.6. The van der Waals surface area contributed by atoms with Crippen molar-refractivity contribution in [3.05, 3.63) is 34.9 Å². The first-order chi connectivity index (χ1) is 10.0. The van der Waals surface area contributed by atoms with E-state index in [0.717, 1.165) is 31.0 Å². The van der Waals surface area contributed by atoms with Gasteiger partial charge in [0.1, 0.15) is 0 Å². The standard InChI is InChI=1S/C17H25ClN2O/c1-12(2)11-20-17(21)7-8-19-16-9-14(10-16)13-3-5-15(18)6-4-13/h3-6,12,14,16,19H,7-11H2,1-2H3,(H,20,21). The minimum Gasteiger partial charge on any atom is -0.356 e. The summed E-state index contributed by atoms with van der Waals surface area (Å²) in [6.07, 6.45) is 2.86. The number of nitrogens with one attached hydrogen (secondary N) is 2. The van der Waals surface area contributed by atoms with E-state index in [2.05, 4.69) is 36.6 Å². The van der Waals surface area contributed by atoms with Gasteiger partial charge in [-0.05, 0) is 42.4 Å². The van der Waals surface area contributed by atoms with Crippen molar-refractivity contribution in [2.24, 2.45) is 5.92 Å². The Bertz CT molecular complexity index is 452. The average molecular weight is 309 g/mol. The smallest absolute Gasteiger partial charge is 0.221 e. The highest BCUT2D eigenvalue weighted by Gasteiger charge is 2.29. The molecule has 1 aromatic carbocycles. The molecule has 0 radical (unpaired) electrons. The number of amides is 1. The van der Waals surface area contributed by atoms with Crippen LogP contribution in [-0.4, -0.2) is 25.0 Å². The van der Waals surface area contributed by atoms with Crippen molar-refractivity contribution in [3.8, 4) is 0 Å². The van der Waals surface area contributed by atoms with Crippen LogP contribution in [0.15, 0.2) is 24.3 Å². The van der Waals surface area contributed by atoms with Crippen LogP contribution >= 0.6 is 11.6 Å². The lowest BCUT2D eigenvalue weighted by Crippen LogP contribution is -2.41. The molecule has 2 rings (SSSR count). The van der Waals surface area contributed by atoms with E-state index in [1.54, 1.807) is 0 Å². The topological polar surface area (TPSA) is 41.1 Å². The van der Waals surface area contributed by atoms with Crippen LogP contribution < -0.4 is 10.6 Å². The maximum Gasteiger partial charge on any atom is 0.221 e. The molecule has 21 heavy (non-hydrogen) atoms. The summed E-state index contributed by atoms with van der Waals surface area (Å²) in [6.45, 7) is 5.73. The minimum atomic E-state index is 0.143. The molecule has 0 bridgehead atoms. The van der Waals surface area contributed by atoms with Crippen molar-refractivity contribution in [2.45, 2.75) is 45.1 Å². The summed E-state index contributed by atoms with van der Waals surface area (Å²) in [5.41, 5.74) is 1.37. The monoisotopic (exact) mass is 308 g/mol. The minimum absolute atomic E-state index is 0.143. The van der Waals surface area contributed by atoms with Gasteiger partial charge < -0.3 is 10.6 Å². The molecule has 0 atom stereocenters. The summed E-state index contributed by atoms with van der Waals surface area (Å²) in [6, 6.07) is 8.68. The largest absolute Gasteiger partial charge is 0.356 e. The van der Waals surface area contributed by atoms with E-state index in [1.807, 2.05) is 12.1 Å². The van der Waals surface area contributed by atoms with Crippen LogP contribution in [0.5, 0.6) is 0 Å². The summed E-state index contributed by atoms with van der Waals surface area (Å²) >= 11 is 5.90. The maximum absolute atomic E-state index is 11.6. The van der Waals surface area contributed by atoms with Gasteiger partial charge in [0, 0.05) is 30.6 Å². The molecule has 116 valence electrons. The van der Waals surface area contributed by atoms with Gasteiger partial charge in [0.05, 0.1) is 0 Å². The molecule has 1 amide bonds. The Morgan fingerprint density at radius 1 is 1.29 bits per heavy atom. The fourth-order valence-corrected chi connectivity index (χ4v) is 2.71. The summed E-state index contributed by atoms with van der Waals surface area (Å²) in [5.74, 6) is 1.29. The number of carbonyl (C=O) groups excluding carboxylic acids is 1. The zero-order valence-electron chi connectivity index (χ0n) is 12.9. The van der Waals surface area contributed by atoms with Crippen LogP contribution in [0.3, 0.4) is 0 Å². The highest BCUT2D eigenvalue weighted by molar-refractivity contribution is 6.30. The van der Waals surface area contributed by atoms with E-state index in [1.165, 1.54) is 5.56 Å². The van der Waals surface area contributed by atoms with E-state index in [-0.39, 0.29) is 5.91 Å². The molecule has 1 aliphatic rings. The fourth-order valence-electron chi connectivity index (χ4n) is 2.59. The molecule has 1 aliphatic carbocycles. The number of benzene rings is 1. The first kappa shape index (κ1) is 16.3. The van der Waals surface area contributed by atoms with Gasteiger partial charge >= 0.3 is 0 Å². The predicted octanol–water partition coefficient (Wildman–Crippen LogP) is 3.34. The second-order valence-corrected chi connectivity index (χ2v) is 6.76. The van der Waals surface area contributed by atoms with Crippen LogP contribution in [0.4, 0.5) is 0 Å². The molecule has 0 heterocycles. The third-order valence-electron chi connectivity index (χ3n) is 3.97. The lowest BCUT2D eigenvalue weighted by Gasteiger charge is -2.36. The molecule has 3 nitrogen and oxygen atoms in total. The van der Waals surface area contributed by atoms with Gasteiger partial charge in [-0.3, -0.25) is 4.79 Å². The molecule has 1 fully saturated rings. The number of rotatable bonds is 7. The molecule has 0 spiro atoms. The number of hydrogen-bond acceptors (Lipinski definition) is 2. The predicted molar refractivity (Wildman–Crippen MR) is 87.7 cm³/mol. The van der Waals surface area contributed by atoms with Crippen LogP contribution in [0.2, 0.25) is 5.02 Å². The van der Waals surface area contributed by atoms with Crippen molar-refractivity contribution >= 4 is 17.5 Å². The van der Waals surface area contributed by atoms with E-state index < -0.39 is 0 Å². The second kappa shape index (κ2) is 7.81. The third kappa shape index (κ3) is 5.33. The number of halogens is 1. The molecule has 0 saturated heterocycles. The van der Waals surface area contributed by atoms with Crippen molar-refractivity contribution in [1.82, 2.24) is 10.6 Å². The summed E-state index contributed by atoms with van der Waals surface area (Å²) in [7, 11) is 0. The molecular weight excluding hydrogens is 284 g/mol. The molecule has 0 unspecified atom stereocenters. The molecule has 0 aromatic heterocycles. The van der Waals surface area contributed by atoms with E-state index in [9.17, 15) is 4.79 Å². The summed E-state index contributed by atoms with van der Waals surface area (Å²) in [5, 5.41) is 7.19. The van der Waals surface area contributed by atoms with Gasteiger partial charge in [-0.15, -0.1) is 0 Å². The summed E-state index contributed by atoms with van der Waals surface area (Å²) < 4.78 is 0. The Balaban J connectivity index is 1.58. The Labute approximate surface area is 132 Å². The van der Waals surface area contributed by atoms with Gasteiger partial charge in [0.2, 0.25) is 5.91 Å². The van der Waals surface area contributed by atoms with Gasteiger partial charge in [0.25, 0.3) is 0 Å². The Morgan fingerprint density at radius 3 is 2.57 bits per heavy atom. The van der Waals surface area contributed by atoms with Crippen LogP contribution in [0, 0.1) is 5.92 Å². The quantitative estimate of drug-likeness (QED) is 0.811. The normalized spacial score (nSPS) is 21.1. The van der Waals surface area contributed by atoms with Crippen LogP contribution in [0.1, 0.15) is 44.6 Å². The third-order valence-corrected chi connectivity index (χ3v) is 4.22. The second-order valence-electron chi connectivity index (χ2n) is 6.32. The average Bonchev–Trinajstić information content (AvgIpc) is 2.40. The van der Waals surface area contributed by atoms with Gasteiger partial charge in [-0.1, -0.05) is 37.6 Å². The molecule has 0 aliphatic heterocycles. The van der Waals surface area contributed by atoms with Gasteiger partial charge in [-0.2, -0.15) is 0 Å². The Kier molecular flexibility index (Phi) is 6.07. The highest BCUT2D eigenvalue weighted by Crippen LogP contribution is 2.37. The molecular formula is C17H25ClN2O. The van der Waals surface area contributed by atoms with E-state index >= 15 is 0 Å².